The van der Waals surface area contributed by atoms with Crippen molar-refractivity contribution >= 4 is 12.4 Å². The minimum Gasteiger partial charge on any atom is -0.299 e. The van der Waals surface area contributed by atoms with Crippen molar-refractivity contribution in [2.45, 2.75) is 6.18 Å². The van der Waals surface area contributed by atoms with Crippen LogP contribution in [0.25, 0.3) is 6.08 Å². The summed E-state index contributed by atoms with van der Waals surface area (Å²) in [6.07, 6.45) is -1.08. The molecule has 0 aliphatic rings. The average Bonchev–Trinajstić information content (AvgIpc) is 2.14. The summed E-state index contributed by atoms with van der Waals surface area (Å²) in [6.45, 7) is 0. The molecule has 0 amide bonds. The Hall–Kier alpha value is -1.58. The minimum atomic E-state index is -4.31. The lowest BCUT2D eigenvalue weighted by molar-refractivity contribution is -0.137. The monoisotopic (exact) mass is 200 g/mol. The summed E-state index contributed by atoms with van der Waals surface area (Å²) in [5, 5.41) is 0. The van der Waals surface area contributed by atoms with Gasteiger partial charge in [0.15, 0.2) is 0 Å². The summed E-state index contributed by atoms with van der Waals surface area (Å²) in [6, 6.07) is 4.57. The third kappa shape index (κ3) is 2.73. The van der Waals surface area contributed by atoms with E-state index in [-0.39, 0.29) is 0 Å². The second-order valence-electron chi connectivity index (χ2n) is 2.61. The molecule has 0 atom stereocenters. The maximum atomic E-state index is 12.1. The number of aldehydes is 1. The molecule has 1 aromatic carbocycles. The van der Waals surface area contributed by atoms with E-state index in [2.05, 4.69) is 0 Å². The first-order chi connectivity index (χ1) is 6.54. The molecule has 0 radical (unpaired) electrons. The molecule has 0 saturated carbocycles. The standard InChI is InChI=1S/C10H7F3O/c11-10(12,13)9-5-3-8(4-6-9)2-1-7-14/h1-7H/b2-1+. The maximum Gasteiger partial charge on any atom is 0.416 e. The van der Waals surface area contributed by atoms with Crippen LogP contribution in [0.15, 0.2) is 30.3 Å². The summed E-state index contributed by atoms with van der Waals surface area (Å²) >= 11 is 0. The lowest BCUT2D eigenvalue weighted by atomic mass is 10.1. The summed E-state index contributed by atoms with van der Waals surface area (Å²) in [7, 11) is 0. The van der Waals surface area contributed by atoms with E-state index < -0.39 is 11.7 Å². The highest BCUT2D eigenvalue weighted by Gasteiger charge is 2.29. The molecule has 0 unspecified atom stereocenters. The van der Waals surface area contributed by atoms with E-state index in [1.807, 2.05) is 0 Å². The van der Waals surface area contributed by atoms with Crippen LogP contribution >= 0.6 is 0 Å². The number of carbonyl (C=O) groups is 1. The van der Waals surface area contributed by atoms with Crippen molar-refractivity contribution in [1.29, 1.82) is 0 Å². The Balaban J connectivity index is 2.89. The van der Waals surface area contributed by atoms with Crippen LogP contribution in [-0.2, 0) is 11.0 Å². The molecular weight excluding hydrogens is 193 g/mol. The SMILES string of the molecule is O=C/C=C/c1ccc(C(F)(F)F)cc1. The van der Waals surface area contributed by atoms with E-state index in [0.29, 0.717) is 11.8 Å². The van der Waals surface area contributed by atoms with Gasteiger partial charge in [0.2, 0.25) is 0 Å². The molecule has 0 N–H and O–H groups in total. The lowest BCUT2D eigenvalue weighted by Crippen LogP contribution is -2.03. The molecule has 0 bridgehead atoms. The second kappa shape index (κ2) is 4.09. The molecule has 0 heterocycles. The van der Waals surface area contributed by atoms with Crippen LogP contribution < -0.4 is 0 Å². The molecular formula is C10H7F3O. The Bertz CT molecular complexity index is 335. The topological polar surface area (TPSA) is 17.1 Å². The molecule has 14 heavy (non-hydrogen) atoms. The predicted octanol–water partition coefficient (Wildman–Crippen LogP) is 2.92. The number of benzene rings is 1. The number of allylic oxidation sites excluding steroid dienone is 1. The third-order valence-corrected chi connectivity index (χ3v) is 1.61. The zero-order chi connectivity index (χ0) is 10.6. The molecule has 74 valence electrons. The van der Waals surface area contributed by atoms with Gasteiger partial charge >= 0.3 is 6.18 Å². The van der Waals surface area contributed by atoms with Gasteiger partial charge in [0.05, 0.1) is 5.56 Å². The zero-order valence-corrected chi connectivity index (χ0v) is 7.08. The van der Waals surface area contributed by atoms with E-state index in [1.54, 1.807) is 0 Å². The van der Waals surface area contributed by atoms with Crippen LogP contribution in [0.3, 0.4) is 0 Å². The normalized spacial score (nSPS) is 11.9. The first-order valence-corrected chi connectivity index (χ1v) is 3.83. The van der Waals surface area contributed by atoms with Gasteiger partial charge in [-0.05, 0) is 23.8 Å². The summed E-state index contributed by atoms with van der Waals surface area (Å²) in [4.78, 5) is 9.94. The van der Waals surface area contributed by atoms with Crippen molar-refractivity contribution in [3.05, 3.63) is 41.5 Å². The first-order valence-electron chi connectivity index (χ1n) is 3.83. The van der Waals surface area contributed by atoms with E-state index in [9.17, 15) is 18.0 Å². The molecule has 1 rings (SSSR count). The lowest BCUT2D eigenvalue weighted by Gasteiger charge is -2.05. The van der Waals surface area contributed by atoms with Gasteiger partial charge in [-0.15, -0.1) is 0 Å². The number of hydrogen-bond acceptors (Lipinski definition) is 1. The Labute approximate surface area is 78.9 Å². The molecule has 1 nitrogen and oxygen atoms in total. The maximum absolute atomic E-state index is 12.1. The second-order valence-corrected chi connectivity index (χ2v) is 2.61. The molecule has 0 aliphatic heterocycles. The van der Waals surface area contributed by atoms with Gasteiger partial charge < -0.3 is 0 Å². The van der Waals surface area contributed by atoms with E-state index in [1.165, 1.54) is 24.3 Å². The number of hydrogen-bond donors (Lipinski definition) is 0. The fourth-order valence-corrected chi connectivity index (χ4v) is 0.934. The highest BCUT2D eigenvalue weighted by Crippen LogP contribution is 2.29. The van der Waals surface area contributed by atoms with Crippen LogP contribution in [0.2, 0.25) is 0 Å². The van der Waals surface area contributed by atoms with Gasteiger partial charge in [0, 0.05) is 0 Å². The molecule has 4 heteroatoms. The Morgan fingerprint density at radius 1 is 1.07 bits per heavy atom. The fraction of sp³-hybridized carbons (Fsp3) is 0.100. The van der Waals surface area contributed by atoms with E-state index in [0.717, 1.165) is 12.1 Å². The quantitative estimate of drug-likeness (QED) is 0.530. The minimum absolute atomic E-state index is 0.560. The Morgan fingerprint density at radius 2 is 1.64 bits per heavy atom. The summed E-state index contributed by atoms with van der Waals surface area (Å²) in [5.74, 6) is 0. The number of rotatable bonds is 2. The first kappa shape index (κ1) is 10.5. The van der Waals surface area contributed by atoms with Gasteiger partial charge in [-0.2, -0.15) is 13.2 Å². The average molecular weight is 200 g/mol. The molecule has 1 aromatic rings. The van der Waals surface area contributed by atoms with Gasteiger partial charge in [-0.1, -0.05) is 18.2 Å². The van der Waals surface area contributed by atoms with E-state index >= 15 is 0 Å². The van der Waals surface area contributed by atoms with E-state index in [4.69, 9.17) is 0 Å². The van der Waals surface area contributed by atoms with Gasteiger partial charge in [-0.3, -0.25) is 4.79 Å². The van der Waals surface area contributed by atoms with Crippen LogP contribution in [0.1, 0.15) is 11.1 Å². The fourth-order valence-electron chi connectivity index (χ4n) is 0.934. The van der Waals surface area contributed by atoms with Gasteiger partial charge in [0.1, 0.15) is 6.29 Å². The molecule has 0 spiro atoms. The van der Waals surface area contributed by atoms with Crippen molar-refractivity contribution in [3.63, 3.8) is 0 Å². The predicted molar refractivity (Wildman–Crippen MR) is 46.5 cm³/mol. The van der Waals surface area contributed by atoms with Crippen LogP contribution in [0.5, 0.6) is 0 Å². The van der Waals surface area contributed by atoms with Crippen molar-refractivity contribution in [2.24, 2.45) is 0 Å². The largest absolute Gasteiger partial charge is 0.416 e. The molecule has 0 aromatic heterocycles. The highest BCUT2D eigenvalue weighted by molar-refractivity contribution is 5.73. The van der Waals surface area contributed by atoms with Crippen LogP contribution in [0, 0.1) is 0 Å². The molecule has 0 aliphatic carbocycles. The zero-order valence-electron chi connectivity index (χ0n) is 7.08. The molecule has 0 saturated heterocycles. The van der Waals surface area contributed by atoms with Crippen molar-refractivity contribution in [3.8, 4) is 0 Å². The number of alkyl halides is 3. The van der Waals surface area contributed by atoms with Crippen LogP contribution in [0.4, 0.5) is 13.2 Å². The highest BCUT2D eigenvalue weighted by atomic mass is 19.4. The van der Waals surface area contributed by atoms with Crippen molar-refractivity contribution in [2.75, 3.05) is 0 Å². The summed E-state index contributed by atoms with van der Waals surface area (Å²) in [5.41, 5.74) is -0.133. The summed E-state index contributed by atoms with van der Waals surface area (Å²) < 4.78 is 36.3. The van der Waals surface area contributed by atoms with Crippen molar-refractivity contribution < 1.29 is 18.0 Å². The van der Waals surface area contributed by atoms with Gasteiger partial charge in [0.25, 0.3) is 0 Å². The van der Waals surface area contributed by atoms with Crippen molar-refractivity contribution in [1.82, 2.24) is 0 Å². The number of halogens is 3. The Morgan fingerprint density at radius 3 is 2.07 bits per heavy atom. The third-order valence-electron chi connectivity index (χ3n) is 1.61. The molecule has 0 fully saturated rings. The van der Waals surface area contributed by atoms with Crippen LogP contribution in [-0.4, -0.2) is 6.29 Å². The number of carbonyl (C=O) groups excluding carboxylic acids is 1. The smallest absolute Gasteiger partial charge is 0.299 e. The Kier molecular flexibility index (Phi) is 3.06. The van der Waals surface area contributed by atoms with Gasteiger partial charge in [-0.25, -0.2) is 0 Å².